The van der Waals surface area contributed by atoms with Gasteiger partial charge in [0.2, 0.25) is 0 Å². The Morgan fingerprint density at radius 1 is 1.10 bits per heavy atom. The van der Waals surface area contributed by atoms with Crippen LogP contribution in [0.5, 0.6) is 0 Å². The van der Waals surface area contributed by atoms with E-state index in [1.165, 1.54) is 0 Å². The van der Waals surface area contributed by atoms with E-state index in [1.54, 1.807) is 36.4 Å². The third kappa shape index (κ3) is 3.50. The van der Waals surface area contributed by atoms with Gasteiger partial charge in [0.1, 0.15) is 0 Å². The van der Waals surface area contributed by atoms with Crippen molar-refractivity contribution >= 4 is 23.2 Å². The summed E-state index contributed by atoms with van der Waals surface area (Å²) in [6.07, 6.45) is 0. The van der Waals surface area contributed by atoms with Crippen LogP contribution in [0.15, 0.2) is 48.5 Å². The molecule has 104 valence electrons. The van der Waals surface area contributed by atoms with Crippen molar-refractivity contribution in [2.24, 2.45) is 5.84 Å². The number of anilines is 1. The molecule has 2 rings (SSSR count). The Hall–Kier alpha value is -2.04. The van der Waals surface area contributed by atoms with Crippen LogP contribution in [0.4, 0.5) is 5.69 Å². The lowest BCUT2D eigenvalue weighted by Crippen LogP contribution is -2.26. The van der Waals surface area contributed by atoms with Gasteiger partial charge >= 0.3 is 0 Å². The Labute approximate surface area is 122 Å². The van der Waals surface area contributed by atoms with E-state index in [2.05, 4.69) is 10.7 Å². The van der Waals surface area contributed by atoms with Crippen molar-refractivity contribution in [3.05, 3.63) is 64.7 Å². The first kappa shape index (κ1) is 14.4. The van der Waals surface area contributed by atoms with E-state index in [0.29, 0.717) is 10.6 Å². The van der Waals surface area contributed by atoms with E-state index >= 15 is 0 Å². The molecule has 0 saturated heterocycles. The smallest absolute Gasteiger partial charge is 0.251 e. The van der Waals surface area contributed by atoms with E-state index < -0.39 is 0 Å². The number of hydrazine groups is 1. The second kappa shape index (κ2) is 6.41. The Kier molecular flexibility index (Phi) is 4.61. The predicted molar refractivity (Wildman–Crippen MR) is 81.6 cm³/mol. The fourth-order valence-corrected chi connectivity index (χ4v) is 1.96. The molecule has 0 spiro atoms. The average molecular weight is 290 g/mol. The lowest BCUT2D eigenvalue weighted by Gasteiger charge is -2.14. The summed E-state index contributed by atoms with van der Waals surface area (Å²) < 4.78 is 0. The number of benzene rings is 2. The molecule has 0 fully saturated rings. The van der Waals surface area contributed by atoms with Crippen LogP contribution in [0, 0.1) is 0 Å². The fraction of sp³-hybridized carbons (Fsp3) is 0.133. The van der Waals surface area contributed by atoms with Gasteiger partial charge in [-0.1, -0.05) is 23.7 Å². The Morgan fingerprint density at radius 2 is 1.70 bits per heavy atom. The number of nitrogens with one attached hydrogen (secondary N) is 2. The second-order valence-electron chi connectivity index (χ2n) is 4.47. The molecule has 2 aromatic carbocycles. The fourth-order valence-electron chi connectivity index (χ4n) is 1.83. The lowest BCUT2D eigenvalue weighted by atomic mass is 10.1. The van der Waals surface area contributed by atoms with Crippen LogP contribution in [0.1, 0.15) is 28.9 Å². The number of halogens is 1. The first-order chi connectivity index (χ1) is 9.60. The van der Waals surface area contributed by atoms with Crippen LogP contribution >= 0.6 is 11.6 Å². The maximum atomic E-state index is 12.1. The summed E-state index contributed by atoms with van der Waals surface area (Å²) in [4.78, 5) is 12.1. The molecular formula is C15H16ClN3O. The summed E-state index contributed by atoms with van der Waals surface area (Å²) in [5.41, 5.74) is 4.87. The zero-order valence-electron chi connectivity index (χ0n) is 11.1. The molecule has 4 N–H and O–H groups in total. The van der Waals surface area contributed by atoms with Gasteiger partial charge in [0.15, 0.2) is 0 Å². The van der Waals surface area contributed by atoms with Crippen molar-refractivity contribution < 1.29 is 4.79 Å². The molecule has 1 amide bonds. The minimum Gasteiger partial charge on any atom is -0.346 e. The van der Waals surface area contributed by atoms with Crippen molar-refractivity contribution in [3.63, 3.8) is 0 Å². The molecule has 0 saturated carbocycles. The largest absolute Gasteiger partial charge is 0.346 e. The van der Waals surface area contributed by atoms with Gasteiger partial charge in [-0.2, -0.15) is 0 Å². The Balaban J connectivity index is 2.04. The van der Waals surface area contributed by atoms with Crippen molar-refractivity contribution in [2.45, 2.75) is 13.0 Å². The molecule has 1 unspecified atom stereocenters. The number of carbonyl (C=O) groups excluding carboxylic acids is 1. The van der Waals surface area contributed by atoms with Crippen molar-refractivity contribution in [1.29, 1.82) is 0 Å². The summed E-state index contributed by atoms with van der Waals surface area (Å²) in [5, 5.41) is 3.61. The Bertz CT molecular complexity index is 581. The van der Waals surface area contributed by atoms with Gasteiger partial charge in [0.05, 0.1) is 6.04 Å². The van der Waals surface area contributed by atoms with Crippen LogP contribution in [0.3, 0.4) is 0 Å². The molecule has 1 atom stereocenters. The van der Waals surface area contributed by atoms with Gasteiger partial charge in [-0.15, -0.1) is 0 Å². The van der Waals surface area contributed by atoms with Crippen LogP contribution < -0.4 is 16.6 Å². The maximum Gasteiger partial charge on any atom is 0.251 e. The molecule has 4 nitrogen and oxygen atoms in total. The van der Waals surface area contributed by atoms with Crippen LogP contribution in [0.2, 0.25) is 5.02 Å². The number of carbonyl (C=O) groups is 1. The highest BCUT2D eigenvalue weighted by Crippen LogP contribution is 2.17. The first-order valence-electron chi connectivity index (χ1n) is 6.23. The van der Waals surface area contributed by atoms with E-state index in [1.807, 2.05) is 19.1 Å². The SMILES string of the molecule is CC(NC(=O)c1ccc(NN)cc1)c1ccc(Cl)cc1. The van der Waals surface area contributed by atoms with Gasteiger partial charge in [0.25, 0.3) is 5.91 Å². The number of amides is 1. The minimum absolute atomic E-state index is 0.0907. The summed E-state index contributed by atoms with van der Waals surface area (Å²) in [6.45, 7) is 1.93. The number of nitrogens with two attached hydrogens (primary N) is 1. The highest BCUT2D eigenvalue weighted by atomic mass is 35.5. The van der Waals surface area contributed by atoms with E-state index in [-0.39, 0.29) is 11.9 Å². The zero-order valence-corrected chi connectivity index (χ0v) is 11.8. The standard InChI is InChI=1S/C15H16ClN3O/c1-10(11-2-6-13(16)7-3-11)18-15(20)12-4-8-14(19-17)9-5-12/h2-10,19H,17H2,1H3,(H,18,20). The van der Waals surface area contributed by atoms with Crippen molar-refractivity contribution in [1.82, 2.24) is 5.32 Å². The molecule has 20 heavy (non-hydrogen) atoms. The maximum absolute atomic E-state index is 12.1. The van der Waals surface area contributed by atoms with E-state index in [4.69, 9.17) is 17.4 Å². The Morgan fingerprint density at radius 3 is 2.25 bits per heavy atom. The van der Waals surface area contributed by atoms with Gasteiger partial charge in [-0.25, -0.2) is 0 Å². The average Bonchev–Trinajstić information content (AvgIpc) is 2.48. The summed E-state index contributed by atoms with van der Waals surface area (Å²) in [6, 6.07) is 14.3. The molecule has 2 aromatic rings. The topological polar surface area (TPSA) is 67.2 Å². The van der Waals surface area contributed by atoms with Crippen LogP contribution in [0.25, 0.3) is 0 Å². The minimum atomic E-state index is -0.129. The third-order valence-electron chi connectivity index (χ3n) is 3.03. The quantitative estimate of drug-likeness (QED) is 0.598. The molecular weight excluding hydrogens is 274 g/mol. The number of hydrogen-bond acceptors (Lipinski definition) is 3. The molecule has 0 aromatic heterocycles. The van der Waals surface area contributed by atoms with Crippen molar-refractivity contribution in [2.75, 3.05) is 5.43 Å². The van der Waals surface area contributed by atoms with Crippen LogP contribution in [-0.4, -0.2) is 5.91 Å². The molecule has 0 aliphatic rings. The summed E-state index contributed by atoms with van der Waals surface area (Å²) in [7, 11) is 0. The highest BCUT2D eigenvalue weighted by molar-refractivity contribution is 6.30. The lowest BCUT2D eigenvalue weighted by molar-refractivity contribution is 0.0940. The van der Waals surface area contributed by atoms with Gasteiger partial charge in [-0.3, -0.25) is 10.6 Å². The van der Waals surface area contributed by atoms with Crippen molar-refractivity contribution in [3.8, 4) is 0 Å². The van der Waals surface area contributed by atoms with Gasteiger partial charge in [0, 0.05) is 16.3 Å². The molecule has 5 heteroatoms. The number of hydrogen-bond donors (Lipinski definition) is 3. The highest BCUT2D eigenvalue weighted by Gasteiger charge is 2.11. The zero-order chi connectivity index (χ0) is 14.5. The molecule has 0 bridgehead atoms. The molecule has 0 radical (unpaired) electrons. The van der Waals surface area contributed by atoms with Crippen LogP contribution in [-0.2, 0) is 0 Å². The second-order valence-corrected chi connectivity index (χ2v) is 4.90. The van der Waals surface area contributed by atoms with Gasteiger partial charge < -0.3 is 10.7 Å². The van der Waals surface area contributed by atoms with Gasteiger partial charge in [-0.05, 0) is 48.9 Å². The molecule has 0 heterocycles. The van der Waals surface area contributed by atoms with E-state index in [9.17, 15) is 4.79 Å². The number of rotatable bonds is 4. The summed E-state index contributed by atoms with van der Waals surface area (Å²) in [5.74, 6) is 5.15. The normalized spacial score (nSPS) is 11.8. The monoisotopic (exact) mass is 289 g/mol. The molecule has 0 aliphatic carbocycles. The first-order valence-corrected chi connectivity index (χ1v) is 6.61. The predicted octanol–water partition coefficient (Wildman–Crippen LogP) is 3.12. The third-order valence-corrected chi connectivity index (χ3v) is 3.28. The number of nitrogen functional groups attached to an aromatic ring is 1. The summed E-state index contributed by atoms with van der Waals surface area (Å²) >= 11 is 5.84. The van der Waals surface area contributed by atoms with E-state index in [0.717, 1.165) is 11.3 Å². The molecule has 0 aliphatic heterocycles.